The summed E-state index contributed by atoms with van der Waals surface area (Å²) < 4.78 is 1.02. The number of unbranched alkanes of at least 4 members (excludes halogenated alkanes) is 3. The molecule has 1 rings (SSSR count). The maximum absolute atomic E-state index is 11.8. The quantitative estimate of drug-likeness (QED) is 0.756. The van der Waals surface area contributed by atoms with E-state index in [-0.39, 0.29) is 5.91 Å². The minimum atomic E-state index is 0.0870. The van der Waals surface area contributed by atoms with Crippen LogP contribution < -0.4 is 11.1 Å². The van der Waals surface area contributed by atoms with Gasteiger partial charge in [-0.3, -0.25) is 4.79 Å². The Labute approximate surface area is 117 Å². The van der Waals surface area contributed by atoms with E-state index in [1.54, 1.807) is 0 Å². The lowest BCUT2D eigenvalue weighted by molar-refractivity contribution is -0.116. The summed E-state index contributed by atoms with van der Waals surface area (Å²) >= 11 is 3.45. The predicted molar refractivity (Wildman–Crippen MR) is 79.6 cm³/mol. The van der Waals surface area contributed by atoms with Gasteiger partial charge in [-0.1, -0.05) is 34.8 Å². The van der Waals surface area contributed by atoms with E-state index in [1.165, 1.54) is 0 Å². The van der Waals surface area contributed by atoms with Crippen LogP contribution in [-0.4, -0.2) is 12.5 Å². The third-order valence-electron chi connectivity index (χ3n) is 2.90. The van der Waals surface area contributed by atoms with Crippen molar-refractivity contribution in [1.29, 1.82) is 0 Å². The number of amides is 1. The molecule has 0 unspecified atom stereocenters. The molecule has 0 atom stereocenters. The van der Waals surface area contributed by atoms with Gasteiger partial charge in [0.05, 0.1) is 0 Å². The lowest BCUT2D eigenvalue weighted by Crippen LogP contribution is -2.12. The molecule has 0 bridgehead atoms. The molecular formula is C14H21BrN2O. The van der Waals surface area contributed by atoms with Crippen LogP contribution in [-0.2, 0) is 4.79 Å². The van der Waals surface area contributed by atoms with Crippen LogP contribution in [0, 0.1) is 6.92 Å². The van der Waals surface area contributed by atoms with Crippen LogP contribution in [0.2, 0.25) is 0 Å². The van der Waals surface area contributed by atoms with Crippen molar-refractivity contribution in [3.63, 3.8) is 0 Å². The third kappa shape index (κ3) is 5.19. The number of nitrogens with one attached hydrogen (secondary N) is 1. The Kier molecular flexibility index (Phi) is 6.98. The van der Waals surface area contributed by atoms with Gasteiger partial charge in [-0.15, -0.1) is 0 Å². The van der Waals surface area contributed by atoms with Crippen molar-refractivity contribution >= 4 is 27.5 Å². The van der Waals surface area contributed by atoms with Gasteiger partial charge >= 0.3 is 0 Å². The van der Waals surface area contributed by atoms with Crippen LogP contribution in [0.3, 0.4) is 0 Å². The molecular weight excluding hydrogens is 292 g/mol. The second kappa shape index (κ2) is 8.27. The monoisotopic (exact) mass is 312 g/mol. The molecule has 0 saturated carbocycles. The fraction of sp³-hybridized carbons (Fsp3) is 0.500. The lowest BCUT2D eigenvalue weighted by atomic mass is 10.1. The minimum absolute atomic E-state index is 0.0870. The lowest BCUT2D eigenvalue weighted by Gasteiger charge is -2.09. The van der Waals surface area contributed by atoms with Gasteiger partial charge in [0.2, 0.25) is 5.91 Å². The average Bonchev–Trinajstić information content (AvgIpc) is 2.35. The maximum atomic E-state index is 11.8. The van der Waals surface area contributed by atoms with Crippen LogP contribution in [0.1, 0.15) is 37.7 Å². The standard InChI is InChI=1S/C14H21BrN2O/c1-11-12(15)7-6-8-13(11)17-14(18)9-4-2-3-5-10-16/h6-8H,2-5,9-10,16H2,1H3,(H,17,18). The van der Waals surface area contributed by atoms with E-state index >= 15 is 0 Å². The third-order valence-corrected chi connectivity index (χ3v) is 3.76. The van der Waals surface area contributed by atoms with Crippen LogP contribution >= 0.6 is 15.9 Å². The second-order valence-corrected chi connectivity index (χ2v) is 5.27. The molecule has 0 aromatic heterocycles. The first-order chi connectivity index (χ1) is 8.65. The zero-order valence-electron chi connectivity index (χ0n) is 10.8. The number of nitrogens with two attached hydrogens (primary N) is 1. The summed E-state index contributed by atoms with van der Waals surface area (Å²) in [6.07, 6.45) is 4.74. The van der Waals surface area contributed by atoms with Crippen LogP contribution in [0.15, 0.2) is 22.7 Å². The van der Waals surface area contributed by atoms with Gasteiger partial charge in [0.25, 0.3) is 0 Å². The van der Waals surface area contributed by atoms with Crippen molar-refractivity contribution in [2.24, 2.45) is 5.73 Å². The molecule has 0 aliphatic heterocycles. The Morgan fingerprint density at radius 3 is 2.72 bits per heavy atom. The van der Waals surface area contributed by atoms with Crippen molar-refractivity contribution < 1.29 is 4.79 Å². The number of hydrogen-bond acceptors (Lipinski definition) is 2. The van der Waals surface area contributed by atoms with Crippen LogP contribution in [0.4, 0.5) is 5.69 Å². The number of rotatable bonds is 7. The molecule has 4 heteroatoms. The highest BCUT2D eigenvalue weighted by Crippen LogP contribution is 2.23. The van der Waals surface area contributed by atoms with Gasteiger partial charge in [0, 0.05) is 16.6 Å². The Balaban J connectivity index is 2.34. The molecule has 0 fully saturated rings. The summed E-state index contributed by atoms with van der Waals surface area (Å²) in [7, 11) is 0. The number of benzene rings is 1. The highest BCUT2D eigenvalue weighted by atomic mass is 79.9. The van der Waals surface area contributed by atoms with Gasteiger partial charge < -0.3 is 11.1 Å². The fourth-order valence-electron chi connectivity index (χ4n) is 1.74. The molecule has 0 aliphatic rings. The Bertz CT molecular complexity index is 393. The molecule has 1 amide bonds. The molecule has 3 nitrogen and oxygen atoms in total. The fourth-order valence-corrected chi connectivity index (χ4v) is 2.11. The van der Waals surface area contributed by atoms with Crippen molar-refractivity contribution in [2.75, 3.05) is 11.9 Å². The van der Waals surface area contributed by atoms with Crippen molar-refractivity contribution in [1.82, 2.24) is 0 Å². The van der Waals surface area contributed by atoms with Gasteiger partial charge in [-0.05, 0) is 44.0 Å². The van der Waals surface area contributed by atoms with Gasteiger partial charge in [0.1, 0.15) is 0 Å². The molecule has 0 saturated heterocycles. The van der Waals surface area contributed by atoms with E-state index in [2.05, 4.69) is 21.2 Å². The molecule has 0 radical (unpaired) electrons. The summed E-state index contributed by atoms with van der Waals surface area (Å²) in [5.74, 6) is 0.0870. The number of carbonyl (C=O) groups excluding carboxylic acids is 1. The molecule has 1 aromatic rings. The summed E-state index contributed by atoms with van der Waals surface area (Å²) in [5.41, 5.74) is 7.37. The molecule has 18 heavy (non-hydrogen) atoms. The molecule has 0 aliphatic carbocycles. The average molecular weight is 313 g/mol. The number of halogens is 1. The normalized spacial score (nSPS) is 10.4. The summed E-state index contributed by atoms with van der Waals surface area (Å²) in [6.45, 7) is 2.73. The first kappa shape index (κ1) is 15.2. The summed E-state index contributed by atoms with van der Waals surface area (Å²) in [4.78, 5) is 11.8. The molecule has 3 N–H and O–H groups in total. The summed E-state index contributed by atoms with van der Waals surface area (Å²) in [5, 5.41) is 2.95. The minimum Gasteiger partial charge on any atom is -0.330 e. The Morgan fingerprint density at radius 1 is 1.28 bits per heavy atom. The topological polar surface area (TPSA) is 55.1 Å². The number of hydrogen-bond donors (Lipinski definition) is 2. The maximum Gasteiger partial charge on any atom is 0.224 e. The largest absolute Gasteiger partial charge is 0.330 e. The number of anilines is 1. The predicted octanol–water partition coefficient (Wildman–Crippen LogP) is 3.61. The van der Waals surface area contributed by atoms with E-state index in [4.69, 9.17) is 5.73 Å². The number of carbonyl (C=O) groups is 1. The zero-order valence-corrected chi connectivity index (χ0v) is 12.4. The van der Waals surface area contributed by atoms with Crippen molar-refractivity contribution in [3.05, 3.63) is 28.2 Å². The first-order valence-corrected chi connectivity index (χ1v) is 7.19. The van der Waals surface area contributed by atoms with Gasteiger partial charge in [-0.25, -0.2) is 0 Å². The van der Waals surface area contributed by atoms with Gasteiger partial charge in [-0.2, -0.15) is 0 Å². The van der Waals surface area contributed by atoms with E-state index in [1.807, 2.05) is 25.1 Å². The highest BCUT2D eigenvalue weighted by Gasteiger charge is 2.06. The second-order valence-electron chi connectivity index (χ2n) is 4.41. The Hall–Kier alpha value is -0.870. The molecule has 0 spiro atoms. The van der Waals surface area contributed by atoms with E-state index in [0.717, 1.165) is 48.0 Å². The van der Waals surface area contributed by atoms with Gasteiger partial charge in [0.15, 0.2) is 0 Å². The van der Waals surface area contributed by atoms with Crippen LogP contribution in [0.5, 0.6) is 0 Å². The first-order valence-electron chi connectivity index (χ1n) is 6.40. The molecule has 0 heterocycles. The Morgan fingerprint density at radius 2 is 2.00 bits per heavy atom. The van der Waals surface area contributed by atoms with E-state index in [9.17, 15) is 4.79 Å². The smallest absolute Gasteiger partial charge is 0.224 e. The highest BCUT2D eigenvalue weighted by molar-refractivity contribution is 9.10. The summed E-state index contributed by atoms with van der Waals surface area (Å²) in [6, 6.07) is 5.82. The van der Waals surface area contributed by atoms with E-state index in [0.29, 0.717) is 6.42 Å². The zero-order chi connectivity index (χ0) is 13.4. The van der Waals surface area contributed by atoms with Crippen molar-refractivity contribution in [2.45, 2.75) is 39.0 Å². The molecule has 1 aromatic carbocycles. The molecule has 100 valence electrons. The SMILES string of the molecule is Cc1c(Br)cccc1NC(=O)CCCCCCN. The van der Waals surface area contributed by atoms with Crippen molar-refractivity contribution in [3.8, 4) is 0 Å². The van der Waals surface area contributed by atoms with E-state index < -0.39 is 0 Å². The van der Waals surface area contributed by atoms with Crippen LogP contribution in [0.25, 0.3) is 0 Å².